The third-order valence-electron chi connectivity index (χ3n) is 5.04. The smallest absolute Gasteiger partial charge is 0.254 e. The highest BCUT2D eigenvalue weighted by Crippen LogP contribution is 2.35. The summed E-state index contributed by atoms with van der Waals surface area (Å²) in [4.78, 5) is 22.9. The van der Waals surface area contributed by atoms with Crippen LogP contribution in [0.25, 0.3) is 0 Å². The van der Waals surface area contributed by atoms with E-state index in [4.69, 9.17) is 4.74 Å². The normalized spacial score (nSPS) is 25.9. The summed E-state index contributed by atoms with van der Waals surface area (Å²) in [5.41, 5.74) is 0.443. The zero-order valence-electron chi connectivity index (χ0n) is 14.1. The van der Waals surface area contributed by atoms with Crippen LogP contribution in [0.4, 0.5) is 5.82 Å². The molecule has 130 valence electrons. The van der Waals surface area contributed by atoms with Gasteiger partial charge in [0.15, 0.2) is 0 Å². The number of likely N-dealkylation sites (tertiary alicyclic amines) is 1. The molecule has 2 fully saturated rings. The first-order valence-electron chi connectivity index (χ1n) is 8.75. The summed E-state index contributed by atoms with van der Waals surface area (Å²) >= 11 is 0. The molecule has 1 spiro atoms. The van der Waals surface area contributed by atoms with E-state index in [0.29, 0.717) is 24.8 Å². The van der Waals surface area contributed by atoms with E-state index in [9.17, 15) is 4.79 Å². The van der Waals surface area contributed by atoms with E-state index < -0.39 is 0 Å². The monoisotopic (exact) mass is 338 g/mol. The molecule has 1 N–H and O–H groups in total. The first-order valence-corrected chi connectivity index (χ1v) is 8.75. The highest BCUT2D eigenvalue weighted by Gasteiger charge is 2.44. The van der Waals surface area contributed by atoms with Crippen LogP contribution in [0, 0.1) is 0 Å². The molecule has 2 aromatic rings. The summed E-state index contributed by atoms with van der Waals surface area (Å²) in [5.74, 6) is 0.954. The number of rotatable bonds is 3. The molecule has 0 bridgehead atoms. The van der Waals surface area contributed by atoms with Crippen molar-refractivity contribution in [3.63, 3.8) is 0 Å². The van der Waals surface area contributed by atoms with Gasteiger partial charge in [-0.25, -0.2) is 4.98 Å². The molecule has 0 radical (unpaired) electrons. The van der Waals surface area contributed by atoms with Gasteiger partial charge in [-0.3, -0.25) is 9.78 Å². The number of aromatic nitrogens is 2. The van der Waals surface area contributed by atoms with Crippen LogP contribution in [0.1, 0.15) is 29.6 Å². The van der Waals surface area contributed by atoms with E-state index in [1.54, 1.807) is 30.7 Å². The lowest BCUT2D eigenvalue weighted by Gasteiger charge is -2.38. The van der Waals surface area contributed by atoms with Crippen molar-refractivity contribution in [2.45, 2.75) is 30.9 Å². The standard InChI is InChI=1S/C19H22N4O2/c24-18(15-4-9-20-10-5-15)23-11-7-19(14-23)13-16(6-12-25-19)22-17-3-1-2-8-21-17/h1-5,8-10,16H,6-7,11-14H2,(H,21,22)/t16-,19-/m1/s1. The maximum absolute atomic E-state index is 12.7. The van der Waals surface area contributed by atoms with Crippen LogP contribution in [-0.4, -0.2) is 52.1 Å². The number of ether oxygens (including phenoxy) is 1. The van der Waals surface area contributed by atoms with Gasteiger partial charge in [-0.2, -0.15) is 0 Å². The summed E-state index contributed by atoms with van der Waals surface area (Å²) in [7, 11) is 0. The summed E-state index contributed by atoms with van der Waals surface area (Å²) in [5, 5.41) is 3.50. The maximum atomic E-state index is 12.7. The minimum Gasteiger partial charge on any atom is -0.373 e. The Morgan fingerprint density at radius 2 is 2.12 bits per heavy atom. The van der Waals surface area contributed by atoms with Gasteiger partial charge in [0.2, 0.25) is 0 Å². The molecule has 4 heterocycles. The van der Waals surface area contributed by atoms with Crippen LogP contribution in [0.2, 0.25) is 0 Å². The number of anilines is 1. The molecule has 0 unspecified atom stereocenters. The van der Waals surface area contributed by atoms with Crippen molar-refractivity contribution in [2.24, 2.45) is 0 Å². The fourth-order valence-electron chi connectivity index (χ4n) is 3.79. The van der Waals surface area contributed by atoms with Crippen molar-refractivity contribution in [3.05, 3.63) is 54.5 Å². The molecule has 2 aliphatic rings. The lowest BCUT2D eigenvalue weighted by molar-refractivity contribution is -0.0720. The van der Waals surface area contributed by atoms with Crippen LogP contribution >= 0.6 is 0 Å². The lowest BCUT2D eigenvalue weighted by Crippen LogP contribution is -2.47. The molecule has 6 heteroatoms. The summed E-state index contributed by atoms with van der Waals surface area (Å²) in [6.07, 6.45) is 7.83. The van der Waals surface area contributed by atoms with E-state index in [0.717, 1.165) is 31.6 Å². The minimum absolute atomic E-state index is 0.0580. The number of carbonyl (C=O) groups excluding carboxylic acids is 1. The van der Waals surface area contributed by atoms with Crippen LogP contribution in [0.15, 0.2) is 48.9 Å². The molecule has 4 rings (SSSR count). The largest absolute Gasteiger partial charge is 0.373 e. The molecule has 2 atom stereocenters. The van der Waals surface area contributed by atoms with Gasteiger partial charge in [0.05, 0.1) is 12.1 Å². The highest BCUT2D eigenvalue weighted by molar-refractivity contribution is 5.94. The van der Waals surface area contributed by atoms with Crippen LogP contribution in [-0.2, 0) is 4.74 Å². The molecule has 25 heavy (non-hydrogen) atoms. The predicted octanol–water partition coefficient (Wildman–Crippen LogP) is 2.35. The Hall–Kier alpha value is -2.47. The van der Waals surface area contributed by atoms with Gasteiger partial charge in [0.1, 0.15) is 5.82 Å². The molecule has 6 nitrogen and oxygen atoms in total. The zero-order valence-corrected chi connectivity index (χ0v) is 14.1. The fourth-order valence-corrected chi connectivity index (χ4v) is 3.79. The summed E-state index contributed by atoms with van der Waals surface area (Å²) < 4.78 is 6.14. The van der Waals surface area contributed by atoms with Gasteiger partial charge in [0.25, 0.3) is 5.91 Å². The molecule has 2 aliphatic heterocycles. The number of nitrogens with one attached hydrogen (secondary N) is 1. The maximum Gasteiger partial charge on any atom is 0.254 e. The topological polar surface area (TPSA) is 67.4 Å². The Bertz CT molecular complexity index is 725. The number of pyridine rings is 2. The van der Waals surface area contributed by atoms with Gasteiger partial charge >= 0.3 is 0 Å². The van der Waals surface area contributed by atoms with Crippen molar-refractivity contribution in [1.82, 2.24) is 14.9 Å². The first-order chi connectivity index (χ1) is 12.2. The lowest BCUT2D eigenvalue weighted by atomic mass is 9.89. The Morgan fingerprint density at radius 1 is 1.24 bits per heavy atom. The predicted molar refractivity (Wildman–Crippen MR) is 94.3 cm³/mol. The molecule has 2 saturated heterocycles. The second kappa shape index (κ2) is 6.80. The molecule has 0 aromatic carbocycles. The molecular formula is C19H22N4O2. The van der Waals surface area contributed by atoms with Gasteiger partial charge in [-0.15, -0.1) is 0 Å². The van der Waals surface area contributed by atoms with E-state index >= 15 is 0 Å². The van der Waals surface area contributed by atoms with Crippen LogP contribution in [0.5, 0.6) is 0 Å². The van der Waals surface area contributed by atoms with E-state index in [-0.39, 0.29) is 11.5 Å². The van der Waals surface area contributed by atoms with Crippen LogP contribution in [0.3, 0.4) is 0 Å². The molecule has 0 saturated carbocycles. The fraction of sp³-hybridized carbons (Fsp3) is 0.421. The van der Waals surface area contributed by atoms with Crippen molar-refractivity contribution in [3.8, 4) is 0 Å². The van der Waals surface area contributed by atoms with Crippen molar-refractivity contribution >= 4 is 11.7 Å². The van der Waals surface area contributed by atoms with E-state index in [1.807, 2.05) is 23.1 Å². The van der Waals surface area contributed by atoms with E-state index in [1.165, 1.54) is 0 Å². The van der Waals surface area contributed by atoms with Crippen molar-refractivity contribution < 1.29 is 9.53 Å². The molecule has 2 aromatic heterocycles. The van der Waals surface area contributed by atoms with Gasteiger partial charge in [0, 0.05) is 43.3 Å². The van der Waals surface area contributed by atoms with Crippen molar-refractivity contribution in [1.29, 1.82) is 0 Å². The number of carbonyl (C=O) groups is 1. The minimum atomic E-state index is -0.243. The summed E-state index contributed by atoms with van der Waals surface area (Å²) in [6.45, 7) is 2.09. The molecular weight excluding hydrogens is 316 g/mol. The molecule has 0 aliphatic carbocycles. The number of amides is 1. The Kier molecular flexibility index (Phi) is 4.36. The van der Waals surface area contributed by atoms with Gasteiger partial charge in [-0.1, -0.05) is 6.07 Å². The average molecular weight is 338 g/mol. The van der Waals surface area contributed by atoms with Crippen LogP contribution < -0.4 is 5.32 Å². The number of hydrogen-bond donors (Lipinski definition) is 1. The van der Waals surface area contributed by atoms with E-state index in [2.05, 4.69) is 15.3 Å². The second-order valence-electron chi connectivity index (χ2n) is 6.79. The summed E-state index contributed by atoms with van der Waals surface area (Å²) in [6, 6.07) is 9.72. The van der Waals surface area contributed by atoms with Gasteiger partial charge < -0.3 is 15.0 Å². The average Bonchev–Trinajstić information content (AvgIpc) is 3.06. The van der Waals surface area contributed by atoms with Crippen molar-refractivity contribution in [2.75, 3.05) is 25.0 Å². The number of nitrogens with zero attached hydrogens (tertiary/aromatic N) is 3. The number of hydrogen-bond acceptors (Lipinski definition) is 5. The quantitative estimate of drug-likeness (QED) is 0.930. The third-order valence-corrected chi connectivity index (χ3v) is 5.04. The zero-order chi connectivity index (χ0) is 17.1. The second-order valence-corrected chi connectivity index (χ2v) is 6.79. The SMILES string of the molecule is O=C(c1ccncc1)N1CC[C@@]2(C[C@H](Nc3ccccn3)CCO2)C1. The first kappa shape index (κ1) is 16.0. The molecule has 1 amide bonds. The third kappa shape index (κ3) is 3.49. The Labute approximate surface area is 147 Å². The highest BCUT2D eigenvalue weighted by atomic mass is 16.5. The Balaban J connectivity index is 1.41. The Morgan fingerprint density at radius 3 is 2.92 bits per heavy atom. The van der Waals surface area contributed by atoms with Gasteiger partial charge in [-0.05, 0) is 43.5 Å².